The second kappa shape index (κ2) is 13.6. The van der Waals surface area contributed by atoms with Crippen molar-refractivity contribution in [3.63, 3.8) is 0 Å². The molecule has 318 valence electrons. The van der Waals surface area contributed by atoms with Crippen LogP contribution in [0.25, 0.3) is 132 Å². The van der Waals surface area contributed by atoms with E-state index >= 15 is 0 Å². The molecule has 0 amide bonds. The van der Waals surface area contributed by atoms with Crippen molar-refractivity contribution in [3.8, 4) is 55.6 Å². The first-order chi connectivity index (χ1) is 34.3. The highest BCUT2D eigenvalue weighted by molar-refractivity contribution is 6.25. The molecular weight excluding hydrogens is 837 g/mol. The first-order valence-corrected chi connectivity index (χ1v) is 23.9. The van der Waals surface area contributed by atoms with Crippen LogP contribution in [0.3, 0.4) is 0 Å². The van der Waals surface area contributed by atoms with Crippen molar-refractivity contribution >= 4 is 76.2 Å². The summed E-state index contributed by atoms with van der Waals surface area (Å²) in [7, 11) is 0. The zero-order valence-corrected chi connectivity index (χ0v) is 37.3. The molecule has 2 nitrogen and oxygen atoms in total. The Kier molecular flexibility index (Phi) is 7.30. The Morgan fingerprint density at radius 2 is 0.652 bits per heavy atom. The summed E-state index contributed by atoms with van der Waals surface area (Å²) >= 11 is 0. The Morgan fingerprint density at radius 1 is 0.246 bits per heavy atom. The van der Waals surface area contributed by atoms with Gasteiger partial charge in [-0.25, -0.2) is 0 Å². The van der Waals surface area contributed by atoms with Crippen LogP contribution in [0.5, 0.6) is 0 Å². The maximum Gasteiger partial charge on any atom is 0.136 e. The van der Waals surface area contributed by atoms with Crippen molar-refractivity contribution in [1.29, 1.82) is 0 Å². The Morgan fingerprint density at radius 3 is 1.23 bits per heavy atom. The molecule has 2 aromatic heterocycles. The molecule has 14 aromatic rings. The smallest absolute Gasteiger partial charge is 0.136 e. The van der Waals surface area contributed by atoms with Gasteiger partial charge < -0.3 is 8.83 Å². The molecule has 69 heavy (non-hydrogen) atoms. The SMILES string of the molecule is c1ccc2c(c1)-c1ccccc1C21c2ccccc2-c2c1c(-c1c3cccc(-c4cccc5oc6ccccc6c45)c3cc3c(-c4cccc5oc6ccccc6c45)cccc13)cc1ccccc21. The summed E-state index contributed by atoms with van der Waals surface area (Å²) in [6.45, 7) is 0. The molecule has 0 saturated carbocycles. The van der Waals surface area contributed by atoms with Gasteiger partial charge in [0.05, 0.1) is 5.41 Å². The minimum Gasteiger partial charge on any atom is -0.456 e. The fourth-order valence-corrected chi connectivity index (χ4v) is 13.1. The highest BCUT2D eigenvalue weighted by Crippen LogP contribution is 2.66. The van der Waals surface area contributed by atoms with Crippen LogP contribution in [-0.2, 0) is 5.41 Å². The Balaban J connectivity index is 1.12. The van der Waals surface area contributed by atoms with Crippen molar-refractivity contribution < 1.29 is 8.83 Å². The lowest BCUT2D eigenvalue weighted by molar-refractivity contribution is 0.668. The Hall–Kier alpha value is -8.98. The van der Waals surface area contributed by atoms with E-state index in [4.69, 9.17) is 8.83 Å². The molecule has 0 radical (unpaired) electrons. The van der Waals surface area contributed by atoms with E-state index in [2.05, 4.69) is 231 Å². The van der Waals surface area contributed by atoms with E-state index in [0.717, 1.165) is 55.0 Å². The minimum absolute atomic E-state index is 0.579. The van der Waals surface area contributed by atoms with Gasteiger partial charge in [0.25, 0.3) is 0 Å². The van der Waals surface area contributed by atoms with Crippen LogP contribution in [0.4, 0.5) is 0 Å². The van der Waals surface area contributed by atoms with E-state index in [9.17, 15) is 0 Å². The summed E-state index contributed by atoms with van der Waals surface area (Å²) in [6.07, 6.45) is 0. The Labute approximate surface area is 396 Å². The molecule has 2 heterocycles. The van der Waals surface area contributed by atoms with Crippen LogP contribution in [-0.4, -0.2) is 0 Å². The fourth-order valence-electron chi connectivity index (χ4n) is 13.1. The fraction of sp³-hybridized carbons (Fsp3) is 0.0149. The summed E-state index contributed by atoms with van der Waals surface area (Å²) in [5.41, 5.74) is 20.6. The average molecular weight is 875 g/mol. The highest BCUT2D eigenvalue weighted by Gasteiger charge is 2.53. The molecular formula is C67H38O2. The maximum atomic E-state index is 6.56. The predicted molar refractivity (Wildman–Crippen MR) is 286 cm³/mol. The van der Waals surface area contributed by atoms with Crippen LogP contribution in [0, 0.1) is 0 Å². The molecule has 2 aliphatic carbocycles. The standard InChI is InChI=1S/C67H38O2/c1-2-18-40-39(17-1)37-54(66-65(40)49-21-5-10-32-57(49)67(66)55-30-8-3-19-43(55)44-20-4-9-31-56(44)67)62-47-26-13-24-41(45-28-15-35-60-63(45)50-22-6-11-33-58(50)68-60)52(47)38-53-42(25-14-27-48(53)62)46-29-16-36-61-64(46)51-23-7-12-34-59(51)69-61/h1-38H. The first-order valence-electron chi connectivity index (χ1n) is 23.9. The number of fused-ring (bicyclic) bond motifs is 20. The predicted octanol–water partition coefficient (Wildman–Crippen LogP) is 18.3. The monoisotopic (exact) mass is 874 g/mol. The van der Waals surface area contributed by atoms with Crippen molar-refractivity contribution in [3.05, 3.63) is 253 Å². The molecule has 2 aliphatic rings. The second-order valence-electron chi connectivity index (χ2n) is 18.9. The van der Waals surface area contributed by atoms with Gasteiger partial charge in [-0.3, -0.25) is 0 Å². The normalized spacial score (nSPS) is 13.3. The number of hydrogen-bond acceptors (Lipinski definition) is 2. The highest BCUT2D eigenvalue weighted by atomic mass is 16.3. The molecule has 12 aromatic carbocycles. The maximum absolute atomic E-state index is 6.56. The van der Waals surface area contributed by atoms with Gasteiger partial charge in [-0.05, 0) is 147 Å². The largest absolute Gasteiger partial charge is 0.456 e. The van der Waals surface area contributed by atoms with E-state index in [1.165, 1.54) is 99.1 Å². The average Bonchev–Trinajstić information content (AvgIpc) is 4.15. The lowest BCUT2D eigenvalue weighted by atomic mass is 9.68. The zero-order chi connectivity index (χ0) is 45.0. The first kappa shape index (κ1) is 37.1. The van der Waals surface area contributed by atoms with Crippen molar-refractivity contribution in [2.75, 3.05) is 0 Å². The molecule has 1 spiro atoms. The molecule has 16 rings (SSSR count). The Bertz CT molecular complexity index is 4340. The van der Waals surface area contributed by atoms with Gasteiger partial charge in [-0.15, -0.1) is 0 Å². The lowest BCUT2D eigenvalue weighted by Gasteiger charge is -2.33. The van der Waals surface area contributed by atoms with Gasteiger partial charge in [0, 0.05) is 21.5 Å². The number of rotatable bonds is 3. The minimum atomic E-state index is -0.579. The van der Waals surface area contributed by atoms with Crippen LogP contribution >= 0.6 is 0 Å². The van der Waals surface area contributed by atoms with E-state index in [0.29, 0.717) is 0 Å². The van der Waals surface area contributed by atoms with Crippen LogP contribution < -0.4 is 0 Å². The quantitative estimate of drug-likeness (QED) is 0.165. The summed E-state index contributed by atoms with van der Waals surface area (Å²) in [5.74, 6) is 0. The lowest BCUT2D eigenvalue weighted by Crippen LogP contribution is -2.26. The molecule has 0 unspecified atom stereocenters. The molecule has 0 saturated heterocycles. The second-order valence-corrected chi connectivity index (χ2v) is 18.9. The number of hydrogen-bond donors (Lipinski definition) is 0. The van der Waals surface area contributed by atoms with Crippen molar-refractivity contribution in [1.82, 2.24) is 0 Å². The van der Waals surface area contributed by atoms with Gasteiger partial charge in [0.2, 0.25) is 0 Å². The van der Waals surface area contributed by atoms with Crippen molar-refractivity contribution in [2.45, 2.75) is 5.41 Å². The molecule has 0 fully saturated rings. The summed E-state index contributed by atoms with van der Waals surface area (Å²) in [6, 6.07) is 85.4. The number of furan rings is 2. The van der Waals surface area contributed by atoms with Gasteiger partial charge in [-0.2, -0.15) is 0 Å². The van der Waals surface area contributed by atoms with Gasteiger partial charge in [-0.1, -0.05) is 194 Å². The molecule has 0 bridgehead atoms. The van der Waals surface area contributed by atoms with Gasteiger partial charge in [0.15, 0.2) is 0 Å². The van der Waals surface area contributed by atoms with E-state index in [-0.39, 0.29) is 0 Å². The molecule has 0 atom stereocenters. The van der Waals surface area contributed by atoms with E-state index in [1.54, 1.807) is 0 Å². The number of benzene rings is 12. The van der Waals surface area contributed by atoms with Gasteiger partial charge in [0.1, 0.15) is 22.3 Å². The van der Waals surface area contributed by atoms with Crippen LogP contribution in [0.15, 0.2) is 239 Å². The summed E-state index contributed by atoms with van der Waals surface area (Å²) in [5, 5.41) is 11.8. The molecule has 0 N–H and O–H groups in total. The van der Waals surface area contributed by atoms with Crippen LogP contribution in [0.1, 0.15) is 22.3 Å². The third-order valence-corrected chi connectivity index (χ3v) is 15.7. The summed E-state index contributed by atoms with van der Waals surface area (Å²) < 4.78 is 13.1. The zero-order valence-electron chi connectivity index (χ0n) is 37.3. The van der Waals surface area contributed by atoms with E-state index in [1.807, 2.05) is 0 Å². The van der Waals surface area contributed by atoms with Crippen LogP contribution in [0.2, 0.25) is 0 Å². The number of para-hydroxylation sites is 2. The molecule has 2 heteroatoms. The van der Waals surface area contributed by atoms with Gasteiger partial charge >= 0.3 is 0 Å². The van der Waals surface area contributed by atoms with E-state index < -0.39 is 5.41 Å². The van der Waals surface area contributed by atoms with Crippen molar-refractivity contribution in [2.24, 2.45) is 0 Å². The third-order valence-electron chi connectivity index (χ3n) is 15.7. The summed E-state index contributed by atoms with van der Waals surface area (Å²) in [4.78, 5) is 0. The third kappa shape index (κ3) is 4.75. The molecule has 0 aliphatic heterocycles. The topological polar surface area (TPSA) is 26.3 Å².